The molecule has 0 aliphatic rings. The van der Waals surface area contributed by atoms with E-state index in [1.807, 2.05) is 36.4 Å². The van der Waals surface area contributed by atoms with Crippen molar-refractivity contribution in [2.75, 3.05) is 19.7 Å². The average Bonchev–Trinajstić information content (AvgIpc) is 2.45. The van der Waals surface area contributed by atoms with Gasteiger partial charge in [-0.3, -0.25) is 0 Å². The largest absolute Gasteiger partial charge is 0.489 e. The SMILES string of the molecule is C=C(CNCC)COc1ccc(Cl)c2ccccc12. The van der Waals surface area contributed by atoms with Crippen molar-refractivity contribution in [3.05, 3.63) is 53.6 Å². The topological polar surface area (TPSA) is 21.3 Å². The molecule has 0 saturated heterocycles. The third kappa shape index (κ3) is 3.49. The first-order chi connectivity index (χ1) is 9.22. The molecule has 0 aliphatic heterocycles. The summed E-state index contributed by atoms with van der Waals surface area (Å²) in [5, 5.41) is 6.02. The molecule has 3 heteroatoms. The fourth-order valence-electron chi connectivity index (χ4n) is 1.89. The van der Waals surface area contributed by atoms with Crippen LogP contribution in [0.15, 0.2) is 48.6 Å². The van der Waals surface area contributed by atoms with Crippen LogP contribution in [0.25, 0.3) is 10.8 Å². The molecule has 0 heterocycles. The summed E-state index contributed by atoms with van der Waals surface area (Å²) < 4.78 is 5.83. The van der Waals surface area contributed by atoms with Gasteiger partial charge in [0.1, 0.15) is 12.4 Å². The highest BCUT2D eigenvalue weighted by molar-refractivity contribution is 6.35. The molecule has 19 heavy (non-hydrogen) atoms. The maximum absolute atomic E-state index is 6.18. The lowest BCUT2D eigenvalue weighted by Crippen LogP contribution is -2.18. The molecule has 0 fully saturated rings. The second kappa shape index (κ2) is 6.60. The van der Waals surface area contributed by atoms with Crippen LogP contribution in [0.5, 0.6) is 5.75 Å². The number of likely N-dealkylation sites (N-methyl/N-ethyl adjacent to an activating group) is 1. The van der Waals surface area contributed by atoms with Crippen LogP contribution in [0.3, 0.4) is 0 Å². The van der Waals surface area contributed by atoms with E-state index in [0.717, 1.165) is 40.2 Å². The monoisotopic (exact) mass is 275 g/mol. The summed E-state index contributed by atoms with van der Waals surface area (Å²) in [7, 11) is 0. The van der Waals surface area contributed by atoms with Gasteiger partial charge in [0.2, 0.25) is 0 Å². The highest BCUT2D eigenvalue weighted by Crippen LogP contribution is 2.31. The molecule has 0 unspecified atom stereocenters. The van der Waals surface area contributed by atoms with Crippen LogP contribution in [0.2, 0.25) is 5.02 Å². The Morgan fingerprint density at radius 3 is 2.68 bits per heavy atom. The normalized spacial score (nSPS) is 10.6. The van der Waals surface area contributed by atoms with E-state index in [1.165, 1.54) is 0 Å². The molecule has 0 atom stereocenters. The molecule has 0 aromatic heterocycles. The van der Waals surface area contributed by atoms with Gasteiger partial charge in [0.15, 0.2) is 0 Å². The molecule has 0 radical (unpaired) electrons. The first kappa shape index (κ1) is 13.9. The van der Waals surface area contributed by atoms with Gasteiger partial charge in [-0.15, -0.1) is 0 Å². The molecule has 0 amide bonds. The Labute approximate surface area is 119 Å². The van der Waals surface area contributed by atoms with E-state index in [4.69, 9.17) is 16.3 Å². The van der Waals surface area contributed by atoms with E-state index in [1.54, 1.807) is 0 Å². The van der Waals surface area contributed by atoms with Gasteiger partial charge in [-0.25, -0.2) is 0 Å². The highest BCUT2D eigenvalue weighted by atomic mass is 35.5. The van der Waals surface area contributed by atoms with Crippen molar-refractivity contribution in [3.8, 4) is 5.75 Å². The summed E-state index contributed by atoms with van der Waals surface area (Å²) in [5.74, 6) is 0.845. The summed E-state index contributed by atoms with van der Waals surface area (Å²) in [6.45, 7) is 8.29. The summed E-state index contributed by atoms with van der Waals surface area (Å²) in [4.78, 5) is 0. The Morgan fingerprint density at radius 2 is 1.95 bits per heavy atom. The Morgan fingerprint density at radius 1 is 1.21 bits per heavy atom. The maximum atomic E-state index is 6.18. The number of hydrogen-bond acceptors (Lipinski definition) is 2. The third-order valence-electron chi connectivity index (χ3n) is 2.89. The molecule has 0 saturated carbocycles. The third-order valence-corrected chi connectivity index (χ3v) is 3.22. The molecular weight excluding hydrogens is 258 g/mol. The minimum Gasteiger partial charge on any atom is -0.489 e. The number of nitrogens with one attached hydrogen (secondary N) is 1. The van der Waals surface area contributed by atoms with Crippen molar-refractivity contribution in [1.29, 1.82) is 0 Å². The zero-order chi connectivity index (χ0) is 13.7. The molecule has 0 bridgehead atoms. The van der Waals surface area contributed by atoms with Crippen molar-refractivity contribution in [2.24, 2.45) is 0 Å². The Kier molecular flexibility index (Phi) is 4.83. The van der Waals surface area contributed by atoms with Gasteiger partial charge in [0.25, 0.3) is 0 Å². The van der Waals surface area contributed by atoms with Crippen molar-refractivity contribution in [3.63, 3.8) is 0 Å². The standard InChI is InChI=1S/C16H18ClNO/c1-3-18-10-12(2)11-19-16-9-8-15(17)13-6-4-5-7-14(13)16/h4-9,18H,2-3,10-11H2,1H3. The maximum Gasteiger partial charge on any atom is 0.127 e. The van der Waals surface area contributed by atoms with Gasteiger partial charge in [-0.1, -0.05) is 49.4 Å². The predicted octanol–water partition coefficient (Wildman–Crippen LogP) is 4.04. The number of rotatable bonds is 6. The molecule has 100 valence electrons. The first-order valence-electron chi connectivity index (χ1n) is 6.39. The van der Waals surface area contributed by atoms with E-state index in [9.17, 15) is 0 Å². The van der Waals surface area contributed by atoms with E-state index < -0.39 is 0 Å². The predicted molar refractivity (Wildman–Crippen MR) is 82.1 cm³/mol. The molecule has 0 spiro atoms. The molecular formula is C16H18ClNO. The fourth-order valence-corrected chi connectivity index (χ4v) is 2.12. The number of halogens is 1. The van der Waals surface area contributed by atoms with Crippen LogP contribution < -0.4 is 10.1 Å². The molecule has 0 aliphatic carbocycles. The smallest absolute Gasteiger partial charge is 0.127 e. The quantitative estimate of drug-likeness (QED) is 0.804. The van der Waals surface area contributed by atoms with Gasteiger partial charge in [-0.2, -0.15) is 0 Å². The number of fused-ring (bicyclic) bond motifs is 1. The summed E-state index contributed by atoms with van der Waals surface area (Å²) in [5.41, 5.74) is 1.03. The first-order valence-corrected chi connectivity index (χ1v) is 6.77. The number of ether oxygens (including phenoxy) is 1. The Balaban J connectivity index is 2.13. The van der Waals surface area contributed by atoms with Gasteiger partial charge < -0.3 is 10.1 Å². The second-order valence-corrected chi connectivity index (χ2v) is 4.82. The zero-order valence-electron chi connectivity index (χ0n) is 11.1. The van der Waals surface area contributed by atoms with Gasteiger partial charge in [0.05, 0.1) is 0 Å². The van der Waals surface area contributed by atoms with Crippen molar-refractivity contribution < 1.29 is 4.74 Å². The molecule has 2 nitrogen and oxygen atoms in total. The molecule has 1 N–H and O–H groups in total. The van der Waals surface area contributed by atoms with E-state index >= 15 is 0 Å². The van der Waals surface area contributed by atoms with Crippen LogP contribution in [0.4, 0.5) is 0 Å². The Bertz CT molecular complexity index is 580. The summed E-state index contributed by atoms with van der Waals surface area (Å²) in [6.07, 6.45) is 0. The van der Waals surface area contributed by atoms with Crippen LogP contribution in [0, 0.1) is 0 Å². The van der Waals surface area contributed by atoms with Crippen molar-refractivity contribution >= 4 is 22.4 Å². The van der Waals surface area contributed by atoms with E-state index in [0.29, 0.717) is 6.61 Å². The lowest BCUT2D eigenvalue weighted by atomic mass is 10.1. The van der Waals surface area contributed by atoms with Gasteiger partial charge in [0, 0.05) is 22.3 Å². The number of benzene rings is 2. The highest BCUT2D eigenvalue weighted by Gasteiger charge is 2.05. The number of hydrogen-bond donors (Lipinski definition) is 1. The lowest BCUT2D eigenvalue weighted by molar-refractivity contribution is 0.352. The van der Waals surface area contributed by atoms with Crippen LogP contribution in [0.1, 0.15) is 6.92 Å². The van der Waals surface area contributed by atoms with Crippen molar-refractivity contribution in [2.45, 2.75) is 6.92 Å². The minimum absolute atomic E-state index is 0.513. The molecule has 2 aromatic rings. The van der Waals surface area contributed by atoms with E-state index in [2.05, 4.69) is 18.8 Å². The Hall–Kier alpha value is -1.51. The minimum atomic E-state index is 0.513. The summed E-state index contributed by atoms with van der Waals surface area (Å²) >= 11 is 6.18. The van der Waals surface area contributed by atoms with Gasteiger partial charge >= 0.3 is 0 Å². The second-order valence-electron chi connectivity index (χ2n) is 4.41. The van der Waals surface area contributed by atoms with Crippen molar-refractivity contribution in [1.82, 2.24) is 5.32 Å². The zero-order valence-corrected chi connectivity index (χ0v) is 11.8. The summed E-state index contributed by atoms with van der Waals surface area (Å²) in [6, 6.07) is 11.8. The van der Waals surface area contributed by atoms with Gasteiger partial charge in [-0.05, 0) is 24.3 Å². The lowest BCUT2D eigenvalue weighted by Gasteiger charge is -2.12. The molecule has 2 aromatic carbocycles. The fraction of sp³-hybridized carbons (Fsp3) is 0.250. The van der Waals surface area contributed by atoms with Crippen LogP contribution in [-0.4, -0.2) is 19.7 Å². The van der Waals surface area contributed by atoms with Crippen LogP contribution >= 0.6 is 11.6 Å². The molecule has 2 rings (SSSR count). The van der Waals surface area contributed by atoms with E-state index in [-0.39, 0.29) is 0 Å². The van der Waals surface area contributed by atoms with Crippen LogP contribution in [-0.2, 0) is 0 Å². The average molecular weight is 276 g/mol.